The number of aliphatic hydroxyl groups excluding tert-OH is 1. The molecule has 0 unspecified atom stereocenters. The van der Waals surface area contributed by atoms with E-state index in [1.165, 1.54) is 16.7 Å². The van der Waals surface area contributed by atoms with Crippen molar-refractivity contribution in [2.45, 2.75) is 26.0 Å². The van der Waals surface area contributed by atoms with Gasteiger partial charge < -0.3 is 30.2 Å². The smallest absolute Gasteiger partial charge is 0.353 e. The number of likely N-dealkylation sites (N-methyl/N-ethyl adjacent to an activating group) is 1. The van der Waals surface area contributed by atoms with Gasteiger partial charge in [-0.25, -0.2) is 4.79 Å². The Labute approximate surface area is 179 Å². The van der Waals surface area contributed by atoms with Gasteiger partial charge in [-0.3, -0.25) is 9.59 Å². The number of nitrogens with zero attached hydrogens (tertiary/aromatic N) is 3. The number of aliphatic carboxylic acids is 1. The van der Waals surface area contributed by atoms with E-state index in [1.807, 2.05) is 11.8 Å². The predicted molar refractivity (Wildman–Crippen MR) is 112 cm³/mol. The molecule has 160 valence electrons. The van der Waals surface area contributed by atoms with Crippen LogP contribution < -0.4 is 5.32 Å². The monoisotopic (exact) mass is 442 g/mol. The van der Waals surface area contributed by atoms with Gasteiger partial charge in [0.1, 0.15) is 10.0 Å². The molecule has 0 aliphatic carbocycles. The molecule has 0 saturated carbocycles. The Morgan fingerprint density at radius 2 is 1.86 bits per heavy atom. The summed E-state index contributed by atoms with van der Waals surface area (Å²) in [5, 5.41) is 22.5. The fourth-order valence-corrected chi connectivity index (χ4v) is 5.78. The van der Waals surface area contributed by atoms with Crippen molar-refractivity contribution in [2.75, 3.05) is 39.8 Å². The number of carbonyl (C=O) groups is 3. The van der Waals surface area contributed by atoms with E-state index in [9.17, 15) is 24.6 Å². The predicted octanol–water partition coefficient (Wildman–Crippen LogP) is -0.478. The molecule has 3 aliphatic rings. The zero-order valence-corrected chi connectivity index (χ0v) is 18.3. The van der Waals surface area contributed by atoms with Gasteiger partial charge >= 0.3 is 5.97 Å². The Kier molecular flexibility index (Phi) is 6.51. The van der Waals surface area contributed by atoms with Crippen molar-refractivity contribution in [3.63, 3.8) is 0 Å². The number of carbonyl (C=O) groups excluding carboxylic acids is 2. The molecule has 0 spiro atoms. The maximum atomic E-state index is 12.4. The number of piperazine rings is 1. The zero-order valence-electron chi connectivity index (χ0n) is 16.6. The molecule has 0 aromatic heterocycles. The Balaban J connectivity index is 1.69. The van der Waals surface area contributed by atoms with Crippen LogP contribution >= 0.6 is 24.0 Å². The summed E-state index contributed by atoms with van der Waals surface area (Å²) in [7, 11) is 1.73. The minimum Gasteiger partial charge on any atom is -0.477 e. The molecule has 3 rings (SSSR count). The van der Waals surface area contributed by atoms with Gasteiger partial charge in [-0.2, -0.15) is 0 Å². The first-order valence-electron chi connectivity index (χ1n) is 9.56. The fraction of sp³-hybridized carbons (Fsp3) is 0.667. The van der Waals surface area contributed by atoms with Gasteiger partial charge in [0, 0.05) is 37.0 Å². The van der Waals surface area contributed by atoms with Crippen LogP contribution in [0.3, 0.4) is 0 Å². The Morgan fingerprint density at radius 3 is 2.38 bits per heavy atom. The first kappa shape index (κ1) is 22.0. The standard InChI is InChI=1S/C18H26N4O5S2/c1-9-13-12(10(2)23)16(25)22(13)14(17(26)27)15(9)29-18(28)21-6-4-20(5-7-21)11(24)8-19-3/h9-10,12-13,19,23H,4-8H2,1-3H3,(H,26,27)/t9-,10-,12-,13-/m1/s1. The maximum absolute atomic E-state index is 12.4. The SMILES string of the molecule is CNCC(=O)N1CCN(C(=S)SC2=C(C(=O)O)N3C(=O)[C@H]([C@@H](C)O)[C@H]3[C@H]2C)CC1. The van der Waals surface area contributed by atoms with E-state index in [0.717, 1.165) is 0 Å². The van der Waals surface area contributed by atoms with Crippen molar-refractivity contribution in [2.24, 2.45) is 11.8 Å². The molecule has 2 fully saturated rings. The Morgan fingerprint density at radius 1 is 1.28 bits per heavy atom. The molecule has 4 atom stereocenters. The third-order valence-electron chi connectivity index (χ3n) is 5.73. The van der Waals surface area contributed by atoms with Crippen molar-refractivity contribution < 1.29 is 24.6 Å². The summed E-state index contributed by atoms with van der Waals surface area (Å²) < 4.78 is 0.537. The summed E-state index contributed by atoms with van der Waals surface area (Å²) in [6, 6.07) is -0.352. The minimum atomic E-state index is -1.16. The molecule has 3 heterocycles. The highest BCUT2D eigenvalue weighted by atomic mass is 32.2. The number of hydrogen-bond donors (Lipinski definition) is 3. The number of fused-ring (bicyclic) bond motifs is 1. The van der Waals surface area contributed by atoms with Gasteiger partial charge in [0.2, 0.25) is 11.8 Å². The highest BCUT2D eigenvalue weighted by Gasteiger charge is 2.60. The van der Waals surface area contributed by atoms with E-state index in [0.29, 0.717) is 41.9 Å². The number of thioether (sulfide) groups is 1. The quantitative estimate of drug-likeness (QED) is 0.384. The van der Waals surface area contributed by atoms with Crippen LogP contribution in [0.2, 0.25) is 0 Å². The van der Waals surface area contributed by atoms with Gasteiger partial charge in [-0.1, -0.05) is 30.9 Å². The van der Waals surface area contributed by atoms with Crippen LogP contribution in [0.4, 0.5) is 0 Å². The summed E-state index contributed by atoms with van der Waals surface area (Å²) in [4.78, 5) is 41.9. The van der Waals surface area contributed by atoms with Crippen molar-refractivity contribution in [3.05, 3.63) is 10.6 Å². The summed E-state index contributed by atoms with van der Waals surface area (Å²) in [6.45, 7) is 5.98. The lowest BCUT2D eigenvalue weighted by Gasteiger charge is -2.46. The molecule has 0 radical (unpaired) electrons. The molecule has 3 aliphatic heterocycles. The normalized spacial score (nSPS) is 27.7. The van der Waals surface area contributed by atoms with Gasteiger partial charge in [-0.05, 0) is 14.0 Å². The first-order chi connectivity index (χ1) is 13.7. The number of β-lactam (4-membered cyclic amide) rings is 1. The van der Waals surface area contributed by atoms with Crippen LogP contribution in [-0.2, 0) is 14.4 Å². The number of aliphatic hydroxyl groups is 1. The molecule has 2 saturated heterocycles. The molecule has 3 N–H and O–H groups in total. The molecular weight excluding hydrogens is 416 g/mol. The highest BCUT2D eigenvalue weighted by Crippen LogP contribution is 2.50. The minimum absolute atomic E-state index is 0.0282. The fourth-order valence-electron chi connectivity index (χ4n) is 4.22. The molecule has 0 aromatic carbocycles. The van der Waals surface area contributed by atoms with Gasteiger partial charge in [0.25, 0.3) is 0 Å². The van der Waals surface area contributed by atoms with Crippen LogP contribution in [0.25, 0.3) is 0 Å². The van der Waals surface area contributed by atoms with E-state index in [1.54, 1.807) is 18.9 Å². The van der Waals surface area contributed by atoms with Gasteiger partial charge in [0.05, 0.1) is 24.6 Å². The molecular formula is C18H26N4O5S2. The Hall–Kier alpha value is -1.69. The van der Waals surface area contributed by atoms with Crippen molar-refractivity contribution in [3.8, 4) is 0 Å². The van der Waals surface area contributed by atoms with E-state index in [4.69, 9.17) is 12.2 Å². The molecule has 9 nitrogen and oxygen atoms in total. The molecule has 11 heteroatoms. The van der Waals surface area contributed by atoms with E-state index in [2.05, 4.69) is 5.32 Å². The third-order valence-corrected chi connectivity index (χ3v) is 7.45. The molecule has 29 heavy (non-hydrogen) atoms. The van der Waals surface area contributed by atoms with Crippen molar-refractivity contribution in [1.29, 1.82) is 0 Å². The second-order valence-electron chi connectivity index (χ2n) is 7.54. The van der Waals surface area contributed by atoms with Crippen LogP contribution in [0, 0.1) is 11.8 Å². The zero-order chi connectivity index (χ0) is 21.5. The number of rotatable bonds is 5. The van der Waals surface area contributed by atoms with E-state index in [-0.39, 0.29) is 29.5 Å². The summed E-state index contributed by atoms with van der Waals surface area (Å²) in [5.41, 5.74) is -0.0282. The molecule has 2 amide bonds. The summed E-state index contributed by atoms with van der Waals surface area (Å²) in [5.74, 6) is -2.29. The maximum Gasteiger partial charge on any atom is 0.353 e. The lowest BCUT2D eigenvalue weighted by atomic mass is 9.79. The highest BCUT2D eigenvalue weighted by molar-refractivity contribution is 8.25. The van der Waals surface area contributed by atoms with Crippen LogP contribution in [0.5, 0.6) is 0 Å². The number of carboxylic acids is 1. The number of nitrogens with one attached hydrogen (secondary N) is 1. The first-order valence-corrected chi connectivity index (χ1v) is 10.8. The van der Waals surface area contributed by atoms with Crippen molar-refractivity contribution in [1.82, 2.24) is 20.0 Å². The summed E-state index contributed by atoms with van der Waals surface area (Å²) >= 11 is 6.77. The molecule has 0 bridgehead atoms. The average Bonchev–Trinajstić information content (AvgIpc) is 2.90. The van der Waals surface area contributed by atoms with E-state index >= 15 is 0 Å². The Bertz CT molecular complexity index is 763. The lowest BCUT2D eigenvalue weighted by molar-refractivity contribution is -0.163. The number of carboxylic acid groups (broad SMARTS) is 1. The number of amides is 2. The van der Waals surface area contributed by atoms with E-state index < -0.39 is 18.0 Å². The largest absolute Gasteiger partial charge is 0.477 e. The topological polar surface area (TPSA) is 113 Å². The van der Waals surface area contributed by atoms with Crippen LogP contribution in [0.1, 0.15) is 13.8 Å². The second-order valence-corrected chi connectivity index (χ2v) is 9.21. The van der Waals surface area contributed by atoms with Crippen LogP contribution in [-0.4, -0.2) is 98.9 Å². The average molecular weight is 443 g/mol. The van der Waals surface area contributed by atoms with Crippen LogP contribution in [0.15, 0.2) is 10.6 Å². The second kappa shape index (κ2) is 8.58. The van der Waals surface area contributed by atoms with Gasteiger partial charge in [0.15, 0.2) is 0 Å². The summed E-state index contributed by atoms with van der Waals surface area (Å²) in [6.07, 6.45) is -0.833. The third kappa shape index (κ3) is 3.88. The number of thiocarbonyl (C=S) groups is 1. The lowest BCUT2D eigenvalue weighted by Crippen LogP contribution is -2.63. The number of hydrogen-bond acceptors (Lipinski definition) is 7. The van der Waals surface area contributed by atoms with Gasteiger partial charge in [-0.15, -0.1) is 0 Å². The molecule has 0 aromatic rings. The van der Waals surface area contributed by atoms with Crippen molar-refractivity contribution >= 4 is 46.1 Å².